The number of furan rings is 1. The van der Waals surface area contributed by atoms with Crippen LogP contribution in [0.3, 0.4) is 0 Å². The third kappa shape index (κ3) is 4.90. The maximum atomic E-state index is 6.79. The van der Waals surface area contributed by atoms with Gasteiger partial charge < -0.3 is 8.98 Å². The summed E-state index contributed by atoms with van der Waals surface area (Å²) in [5.74, 6) is 1.86. The second kappa shape index (κ2) is 12.7. The molecule has 0 spiro atoms. The summed E-state index contributed by atoms with van der Waals surface area (Å²) < 4.78 is 9.20. The normalized spacial score (nSPS) is 12.0. The highest BCUT2D eigenvalue weighted by Gasteiger charge is 2.21. The van der Waals surface area contributed by atoms with Crippen LogP contribution in [0.1, 0.15) is 0 Å². The summed E-state index contributed by atoms with van der Waals surface area (Å²) >= 11 is 0. The van der Waals surface area contributed by atoms with Crippen LogP contribution in [0.5, 0.6) is 0 Å². The lowest BCUT2D eigenvalue weighted by molar-refractivity contribution is 0.669. The largest absolute Gasteiger partial charge is 0.456 e. The van der Waals surface area contributed by atoms with Gasteiger partial charge >= 0.3 is 0 Å². The molecule has 5 nitrogen and oxygen atoms in total. The maximum absolute atomic E-state index is 6.79. The second-order valence-corrected chi connectivity index (χ2v) is 15.6. The van der Waals surface area contributed by atoms with Crippen molar-refractivity contribution in [2.24, 2.45) is 0 Å². The Morgan fingerprint density at radius 3 is 1.77 bits per heavy atom. The third-order valence-electron chi connectivity index (χ3n) is 12.2. The molecule has 0 bridgehead atoms. The molecule has 13 rings (SSSR count). The van der Waals surface area contributed by atoms with Crippen molar-refractivity contribution in [3.8, 4) is 39.9 Å². The zero-order valence-electron chi connectivity index (χ0n) is 32.2. The molecule has 60 heavy (non-hydrogen) atoms. The number of para-hydroxylation sites is 1. The Bertz CT molecular complexity index is 3900. The van der Waals surface area contributed by atoms with Crippen molar-refractivity contribution < 1.29 is 4.42 Å². The van der Waals surface area contributed by atoms with Crippen molar-refractivity contribution in [2.75, 3.05) is 0 Å². The van der Waals surface area contributed by atoms with E-state index in [2.05, 4.69) is 180 Å². The van der Waals surface area contributed by atoms with Gasteiger partial charge in [0.2, 0.25) is 0 Å². The van der Waals surface area contributed by atoms with Crippen LogP contribution in [0.25, 0.3) is 127 Å². The minimum absolute atomic E-state index is 0.603. The summed E-state index contributed by atoms with van der Waals surface area (Å²) in [6.45, 7) is 0. The monoisotopic (exact) mass is 764 g/mol. The number of rotatable bonds is 4. The van der Waals surface area contributed by atoms with E-state index in [0.29, 0.717) is 17.5 Å². The Morgan fingerprint density at radius 1 is 0.333 bits per heavy atom. The number of hydrogen-bond donors (Lipinski definition) is 0. The fourth-order valence-corrected chi connectivity index (χ4v) is 9.44. The van der Waals surface area contributed by atoms with Crippen LogP contribution in [0, 0.1) is 0 Å². The van der Waals surface area contributed by atoms with Crippen LogP contribution in [0.15, 0.2) is 199 Å². The van der Waals surface area contributed by atoms with Crippen LogP contribution >= 0.6 is 0 Å². The van der Waals surface area contributed by atoms with E-state index in [1.54, 1.807) is 0 Å². The SMILES string of the molecule is c1ccc(-c2nc(-c3ccc4oc5cc(-n6c7ccccc7c7cc8ccccc8cc76)c6ccccc6c5c4c3)nc(-c3cc4ccccc4c4ccccc34)n2)cc1. The van der Waals surface area contributed by atoms with E-state index in [4.69, 9.17) is 19.4 Å². The van der Waals surface area contributed by atoms with Gasteiger partial charge in [-0.2, -0.15) is 0 Å². The number of nitrogens with zero attached hydrogens (tertiary/aromatic N) is 4. The summed E-state index contributed by atoms with van der Waals surface area (Å²) in [5, 5.41) is 13.8. The molecule has 5 heteroatoms. The predicted molar refractivity (Wildman–Crippen MR) is 248 cm³/mol. The Morgan fingerprint density at radius 2 is 0.950 bits per heavy atom. The van der Waals surface area contributed by atoms with Crippen LogP contribution in [0.2, 0.25) is 0 Å². The van der Waals surface area contributed by atoms with Gasteiger partial charge in [-0.25, -0.2) is 15.0 Å². The number of aromatic nitrogens is 4. The van der Waals surface area contributed by atoms with E-state index in [-0.39, 0.29) is 0 Å². The van der Waals surface area contributed by atoms with Crippen molar-refractivity contribution in [2.45, 2.75) is 0 Å². The quantitative estimate of drug-likeness (QED) is 0.167. The number of fused-ring (bicyclic) bond motifs is 12. The lowest BCUT2D eigenvalue weighted by atomic mass is 9.97. The Hall–Kier alpha value is -8.15. The zero-order valence-corrected chi connectivity index (χ0v) is 32.2. The molecule has 10 aromatic carbocycles. The molecule has 3 heterocycles. The molecule has 3 aromatic heterocycles. The molecule has 0 radical (unpaired) electrons. The van der Waals surface area contributed by atoms with E-state index in [0.717, 1.165) is 76.9 Å². The number of hydrogen-bond acceptors (Lipinski definition) is 4. The summed E-state index contributed by atoms with van der Waals surface area (Å²) in [4.78, 5) is 15.6. The molecule has 0 saturated heterocycles. The molecule has 0 unspecified atom stereocenters. The molecule has 0 aliphatic rings. The zero-order chi connectivity index (χ0) is 39.3. The van der Waals surface area contributed by atoms with Gasteiger partial charge in [0.25, 0.3) is 0 Å². The van der Waals surface area contributed by atoms with E-state index in [1.807, 2.05) is 18.2 Å². The highest BCUT2D eigenvalue weighted by Crippen LogP contribution is 2.43. The summed E-state index contributed by atoms with van der Waals surface area (Å²) in [6.07, 6.45) is 0. The molecule has 0 aliphatic carbocycles. The van der Waals surface area contributed by atoms with Gasteiger partial charge in [0, 0.05) is 49.7 Å². The standard InChI is InChI=1S/C55H32N4O/c1-2-14-33(15-3-1)53-56-54(58-55(57-53)45-29-36-18-6-7-19-38(36)39-20-8-9-21-40(39)45)37-26-27-50-46(30-37)52-43-24-11-10-22-41(43)49(32-51(52)60-50)59-47-25-13-12-23-42(47)44-28-34-16-4-5-17-35(34)31-48(44)59/h1-32H. The number of benzene rings is 10. The lowest BCUT2D eigenvalue weighted by Crippen LogP contribution is -2.00. The van der Waals surface area contributed by atoms with Crippen molar-refractivity contribution in [3.63, 3.8) is 0 Å². The lowest BCUT2D eigenvalue weighted by Gasteiger charge is -2.13. The molecule has 0 saturated carbocycles. The molecule has 0 atom stereocenters. The molecule has 13 aromatic rings. The average molecular weight is 765 g/mol. The highest BCUT2D eigenvalue weighted by molar-refractivity contribution is 6.23. The third-order valence-corrected chi connectivity index (χ3v) is 12.2. The molecule has 0 fully saturated rings. The molecule has 0 aliphatic heterocycles. The first-order chi connectivity index (χ1) is 29.7. The summed E-state index contributed by atoms with van der Waals surface area (Å²) in [5.41, 5.74) is 7.82. The van der Waals surface area contributed by atoms with Gasteiger partial charge in [-0.05, 0) is 80.2 Å². The van der Waals surface area contributed by atoms with E-state index in [9.17, 15) is 0 Å². The van der Waals surface area contributed by atoms with Crippen molar-refractivity contribution in [1.29, 1.82) is 0 Å². The molecule has 0 N–H and O–H groups in total. The van der Waals surface area contributed by atoms with Crippen molar-refractivity contribution >= 4 is 86.8 Å². The van der Waals surface area contributed by atoms with Crippen LogP contribution in [-0.2, 0) is 0 Å². The fraction of sp³-hybridized carbons (Fsp3) is 0. The second-order valence-electron chi connectivity index (χ2n) is 15.6. The van der Waals surface area contributed by atoms with Gasteiger partial charge in [0.15, 0.2) is 17.5 Å². The van der Waals surface area contributed by atoms with Crippen LogP contribution in [-0.4, -0.2) is 19.5 Å². The highest BCUT2D eigenvalue weighted by atomic mass is 16.3. The Labute approximate surface area is 343 Å². The Balaban J connectivity index is 1.05. The molecule has 278 valence electrons. The Kier molecular flexibility index (Phi) is 6.95. The van der Waals surface area contributed by atoms with Gasteiger partial charge in [-0.3, -0.25) is 0 Å². The van der Waals surface area contributed by atoms with Gasteiger partial charge in [-0.1, -0.05) is 146 Å². The smallest absolute Gasteiger partial charge is 0.164 e. The minimum atomic E-state index is 0.603. The summed E-state index contributed by atoms with van der Waals surface area (Å²) in [7, 11) is 0. The molecule has 0 amide bonds. The van der Waals surface area contributed by atoms with Crippen LogP contribution < -0.4 is 0 Å². The topological polar surface area (TPSA) is 56.7 Å². The van der Waals surface area contributed by atoms with Crippen molar-refractivity contribution in [3.05, 3.63) is 194 Å². The van der Waals surface area contributed by atoms with E-state index < -0.39 is 0 Å². The summed E-state index contributed by atoms with van der Waals surface area (Å²) in [6, 6.07) is 68.6. The minimum Gasteiger partial charge on any atom is -0.456 e. The maximum Gasteiger partial charge on any atom is 0.164 e. The first kappa shape index (κ1) is 32.9. The fourth-order valence-electron chi connectivity index (χ4n) is 9.44. The first-order valence-corrected chi connectivity index (χ1v) is 20.3. The van der Waals surface area contributed by atoms with Crippen LogP contribution in [0.4, 0.5) is 0 Å². The van der Waals surface area contributed by atoms with E-state index in [1.165, 1.54) is 32.3 Å². The average Bonchev–Trinajstić information content (AvgIpc) is 3.85. The molecular formula is C55H32N4O. The van der Waals surface area contributed by atoms with Gasteiger partial charge in [0.05, 0.1) is 16.7 Å². The van der Waals surface area contributed by atoms with Gasteiger partial charge in [-0.15, -0.1) is 0 Å². The molecular weight excluding hydrogens is 733 g/mol. The predicted octanol–water partition coefficient (Wildman–Crippen LogP) is 14.5. The van der Waals surface area contributed by atoms with E-state index >= 15 is 0 Å². The first-order valence-electron chi connectivity index (χ1n) is 20.3. The van der Waals surface area contributed by atoms with Gasteiger partial charge in [0.1, 0.15) is 11.2 Å². The van der Waals surface area contributed by atoms with Crippen molar-refractivity contribution in [1.82, 2.24) is 19.5 Å².